The van der Waals surface area contributed by atoms with Crippen molar-refractivity contribution in [3.8, 4) is 0 Å². The van der Waals surface area contributed by atoms with Crippen molar-refractivity contribution in [2.45, 2.75) is 38.6 Å². The summed E-state index contributed by atoms with van der Waals surface area (Å²) < 4.78 is 0. The van der Waals surface area contributed by atoms with E-state index in [1.54, 1.807) is 0 Å². The van der Waals surface area contributed by atoms with E-state index < -0.39 is 0 Å². The van der Waals surface area contributed by atoms with Gasteiger partial charge in [-0.1, -0.05) is 36.2 Å². The van der Waals surface area contributed by atoms with Crippen LogP contribution in [0.2, 0.25) is 10.0 Å². The summed E-state index contributed by atoms with van der Waals surface area (Å²) >= 11 is 11.8. The molecule has 0 spiro atoms. The summed E-state index contributed by atoms with van der Waals surface area (Å²) in [6.45, 7) is 2.21. The largest absolute Gasteiger partial charge is 0.317 e. The van der Waals surface area contributed by atoms with Crippen LogP contribution in [0.25, 0.3) is 0 Å². The fourth-order valence-electron chi connectivity index (χ4n) is 1.80. The van der Waals surface area contributed by atoms with Gasteiger partial charge in [-0.05, 0) is 50.4 Å². The highest BCUT2D eigenvalue weighted by atomic mass is 35.5. The van der Waals surface area contributed by atoms with E-state index in [0.29, 0.717) is 16.1 Å². The number of rotatable bonds is 6. The van der Waals surface area contributed by atoms with Crippen molar-refractivity contribution in [2.24, 2.45) is 0 Å². The van der Waals surface area contributed by atoms with Gasteiger partial charge in [0.1, 0.15) is 0 Å². The smallest absolute Gasteiger partial charge is 0.0595 e. The van der Waals surface area contributed by atoms with Gasteiger partial charge in [-0.15, -0.1) is 0 Å². The number of benzene rings is 1. The van der Waals surface area contributed by atoms with Crippen molar-refractivity contribution < 1.29 is 0 Å². The lowest BCUT2D eigenvalue weighted by Gasteiger charge is -2.13. The quantitative estimate of drug-likeness (QED) is 0.803. The van der Waals surface area contributed by atoms with E-state index in [2.05, 4.69) is 18.3 Å². The van der Waals surface area contributed by atoms with Crippen LogP contribution in [-0.2, 0) is 6.42 Å². The molecule has 0 aliphatic carbocycles. The van der Waals surface area contributed by atoms with Gasteiger partial charge < -0.3 is 5.32 Å². The van der Waals surface area contributed by atoms with E-state index in [9.17, 15) is 0 Å². The van der Waals surface area contributed by atoms with Crippen LogP contribution in [0.3, 0.4) is 0 Å². The molecule has 1 rings (SSSR count). The third-order valence-corrected chi connectivity index (χ3v) is 3.64. The van der Waals surface area contributed by atoms with Gasteiger partial charge in [0.2, 0.25) is 0 Å². The summed E-state index contributed by atoms with van der Waals surface area (Å²) in [5.74, 6) is 0. The molecule has 1 aromatic carbocycles. The molecule has 1 N–H and O–H groups in total. The first kappa shape index (κ1) is 13.8. The molecule has 90 valence electrons. The van der Waals surface area contributed by atoms with Gasteiger partial charge in [0.25, 0.3) is 0 Å². The minimum Gasteiger partial charge on any atom is -0.317 e. The zero-order valence-electron chi connectivity index (χ0n) is 9.89. The van der Waals surface area contributed by atoms with Crippen LogP contribution in [0.5, 0.6) is 0 Å². The minimum absolute atomic E-state index is 0.628. The average Bonchev–Trinajstić information content (AvgIpc) is 2.29. The van der Waals surface area contributed by atoms with Crippen molar-refractivity contribution in [2.75, 3.05) is 7.05 Å². The zero-order chi connectivity index (χ0) is 12.0. The first-order chi connectivity index (χ1) is 7.67. The molecule has 0 heterocycles. The predicted octanol–water partition coefficient (Wildman–Crippen LogP) is 4.31. The van der Waals surface area contributed by atoms with Gasteiger partial charge in [-0.3, -0.25) is 0 Å². The zero-order valence-corrected chi connectivity index (χ0v) is 11.4. The molecule has 0 saturated heterocycles. The molecule has 1 unspecified atom stereocenters. The highest BCUT2D eigenvalue weighted by Gasteiger charge is 2.03. The van der Waals surface area contributed by atoms with Crippen LogP contribution in [-0.4, -0.2) is 13.1 Å². The van der Waals surface area contributed by atoms with Crippen molar-refractivity contribution in [3.63, 3.8) is 0 Å². The topological polar surface area (TPSA) is 12.0 Å². The van der Waals surface area contributed by atoms with Gasteiger partial charge in [0.05, 0.1) is 10.0 Å². The molecule has 0 aliphatic heterocycles. The first-order valence-corrected chi connectivity index (χ1v) is 6.54. The van der Waals surface area contributed by atoms with Crippen molar-refractivity contribution in [3.05, 3.63) is 33.8 Å². The number of hydrogen-bond donors (Lipinski definition) is 1. The van der Waals surface area contributed by atoms with Crippen molar-refractivity contribution in [1.82, 2.24) is 5.32 Å². The summed E-state index contributed by atoms with van der Waals surface area (Å²) in [5.41, 5.74) is 1.26. The SMILES string of the molecule is CCC(CCCc1ccc(Cl)c(Cl)c1)NC. The molecular weight excluding hydrogens is 241 g/mol. The summed E-state index contributed by atoms with van der Waals surface area (Å²) in [7, 11) is 2.02. The lowest BCUT2D eigenvalue weighted by Crippen LogP contribution is -2.23. The molecule has 1 atom stereocenters. The lowest BCUT2D eigenvalue weighted by atomic mass is 10.0. The predicted molar refractivity (Wildman–Crippen MR) is 72.5 cm³/mol. The molecule has 0 aliphatic rings. The monoisotopic (exact) mass is 259 g/mol. The van der Waals surface area contributed by atoms with Gasteiger partial charge in [-0.25, -0.2) is 0 Å². The summed E-state index contributed by atoms with van der Waals surface area (Å²) in [5, 5.41) is 4.60. The Kier molecular flexibility index (Phi) is 6.18. The summed E-state index contributed by atoms with van der Waals surface area (Å²) in [6, 6.07) is 6.51. The maximum absolute atomic E-state index is 5.97. The second kappa shape index (κ2) is 7.16. The van der Waals surface area contributed by atoms with Crippen LogP contribution < -0.4 is 5.32 Å². The number of halogens is 2. The van der Waals surface area contributed by atoms with Gasteiger partial charge in [0, 0.05) is 6.04 Å². The van der Waals surface area contributed by atoms with E-state index in [0.717, 1.165) is 6.42 Å². The molecule has 0 aromatic heterocycles. The Bertz CT molecular complexity index is 322. The average molecular weight is 260 g/mol. The Labute approximate surface area is 108 Å². The molecule has 0 saturated carbocycles. The van der Waals surface area contributed by atoms with E-state index in [-0.39, 0.29) is 0 Å². The molecular formula is C13H19Cl2N. The minimum atomic E-state index is 0.628. The first-order valence-electron chi connectivity index (χ1n) is 5.78. The molecule has 1 nitrogen and oxygen atoms in total. The third kappa shape index (κ3) is 4.32. The number of hydrogen-bond acceptors (Lipinski definition) is 1. The van der Waals surface area contributed by atoms with Crippen LogP contribution >= 0.6 is 23.2 Å². The van der Waals surface area contributed by atoms with Crippen LogP contribution in [0.1, 0.15) is 31.7 Å². The molecule has 0 radical (unpaired) electrons. The van der Waals surface area contributed by atoms with Crippen LogP contribution in [0, 0.1) is 0 Å². The lowest BCUT2D eigenvalue weighted by molar-refractivity contribution is 0.492. The Morgan fingerprint density at radius 1 is 1.25 bits per heavy atom. The van der Waals surface area contributed by atoms with Gasteiger partial charge in [0.15, 0.2) is 0 Å². The highest BCUT2D eigenvalue weighted by Crippen LogP contribution is 2.23. The molecule has 0 fully saturated rings. The normalized spacial score (nSPS) is 12.8. The standard InChI is InChI=1S/C13H19Cl2N/c1-3-11(16-2)6-4-5-10-7-8-12(14)13(15)9-10/h7-9,11,16H,3-6H2,1-2H3. The molecule has 0 bridgehead atoms. The fraction of sp³-hybridized carbons (Fsp3) is 0.538. The van der Waals surface area contributed by atoms with Crippen molar-refractivity contribution in [1.29, 1.82) is 0 Å². The Balaban J connectivity index is 2.40. The Hall–Kier alpha value is -0.240. The van der Waals surface area contributed by atoms with E-state index in [1.165, 1.54) is 24.8 Å². The fourth-order valence-corrected chi connectivity index (χ4v) is 2.12. The molecule has 1 aromatic rings. The third-order valence-electron chi connectivity index (χ3n) is 2.90. The van der Waals surface area contributed by atoms with Gasteiger partial charge >= 0.3 is 0 Å². The maximum Gasteiger partial charge on any atom is 0.0595 e. The Morgan fingerprint density at radius 2 is 2.00 bits per heavy atom. The Morgan fingerprint density at radius 3 is 2.56 bits per heavy atom. The number of aryl methyl sites for hydroxylation is 1. The highest BCUT2D eigenvalue weighted by molar-refractivity contribution is 6.42. The second-order valence-corrected chi connectivity index (χ2v) is 4.85. The van der Waals surface area contributed by atoms with Crippen molar-refractivity contribution >= 4 is 23.2 Å². The molecule has 16 heavy (non-hydrogen) atoms. The van der Waals surface area contributed by atoms with E-state index in [1.807, 2.05) is 19.2 Å². The van der Waals surface area contributed by atoms with Crippen LogP contribution in [0.4, 0.5) is 0 Å². The van der Waals surface area contributed by atoms with Crippen LogP contribution in [0.15, 0.2) is 18.2 Å². The van der Waals surface area contributed by atoms with E-state index in [4.69, 9.17) is 23.2 Å². The maximum atomic E-state index is 5.97. The summed E-state index contributed by atoms with van der Waals surface area (Å²) in [4.78, 5) is 0. The second-order valence-electron chi connectivity index (χ2n) is 4.03. The molecule has 3 heteroatoms. The summed E-state index contributed by atoms with van der Waals surface area (Å²) in [6.07, 6.45) is 4.62. The van der Waals surface area contributed by atoms with Gasteiger partial charge in [-0.2, -0.15) is 0 Å². The molecule has 0 amide bonds. The van der Waals surface area contributed by atoms with E-state index >= 15 is 0 Å². The number of nitrogens with one attached hydrogen (secondary N) is 1.